The van der Waals surface area contributed by atoms with Gasteiger partial charge in [-0.05, 0) is 109 Å². The number of rotatable bonds is 1. The van der Waals surface area contributed by atoms with Crippen molar-refractivity contribution in [1.82, 2.24) is 0 Å². The predicted molar refractivity (Wildman–Crippen MR) is 116 cm³/mol. The molecule has 146 valence electrons. The molecule has 0 aromatic rings. The van der Waals surface area contributed by atoms with Crippen LogP contribution in [-0.2, 0) is 0 Å². The number of alkyl halides is 2. The Morgan fingerprint density at radius 3 is 1.62 bits per heavy atom. The van der Waals surface area contributed by atoms with E-state index in [2.05, 4.69) is 59.6 Å². The van der Waals surface area contributed by atoms with Gasteiger partial charge in [0.2, 0.25) is 0 Å². The monoisotopic (exact) mass is 482 g/mol. The molecule has 0 aliphatic heterocycles. The van der Waals surface area contributed by atoms with Gasteiger partial charge in [-0.3, -0.25) is 0 Å². The molecule has 26 heavy (non-hydrogen) atoms. The Kier molecular flexibility index (Phi) is 3.08. The van der Waals surface area contributed by atoms with Gasteiger partial charge in [-0.15, -0.1) is 0 Å². The first-order valence-electron chi connectivity index (χ1n) is 11.2. The zero-order chi connectivity index (χ0) is 18.4. The summed E-state index contributed by atoms with van der Waals surface area (Å²) in [7, 11) is 0. The third-order valence-corrected chi connectivity index (χ3v) is 13.8. The van der Waals surface area contributed by atoms with E-state index in [0.29, 0.717) is 41.6 Å². The van der Waals surface area contributed by atoms with Crippen molar-refractivity contribution in [2.45, 2.75) is 107 Å². The minimum Gasteiger partial charge on any atom is -0.0869 e. The molecule has 2 heteroatoms. The lowest BCUT2D eigenvalue weighted by Gasteiger charge is -2.79. The number of hydrogen-bond acceptors (Lipinski definition) is 0. The highest BCUT2D eigenvalue weighted by molar-refractivity contribution is 9.12. The summed E-state index contributed by atoms with van der Waals surface area (Å²) in [6.45, 7) is 10.6. The van der Waals surface area contributed by atoms with E-state index < -0.39 is 0 Å². The second-order valence-electron chi connectivity index (χ2n) is 14.0. The van der Waals surface area contributed by atoms with Gasteiger partial charge in [0.15, 0.2) is 0 Å². The van der Waals surface area contributed by atoms with Crippen LogP contribution in [-0.4, -0.2) is 9.15 Å². The second-order valence-corrected chi connectivity index (χ2v) is 16.5. The predicted octanol–water partition coefficient (Wildman–Crippen LogP) is 7.87. The van der Waals surface area contributed by atoms with E-state index in [1.165, 1.54) is 64.2 Å². The van der Waals surface area contributed by atoms with Gasteiger partial charge in [-0.2, -0.15) is 0 Å². The lowest BCUT2D eigenvalue weighted by atomic mass is 9.28. The maximum absolute atomic E-state index is 4.42. The minimum absolute atomic E-state index is 0.344. The molecule has 0 saturated heterocycles. The summed E-state index contributed by atoms with van der Waals surface area (Å²) in [5.41, 5.74) is 3.51. The summed E-state index contributed by atoms with van der Waals surface area (Å²) < 4.78 is 0.344. The first-order valence-corrected chi connectivity index (χ1v) is 12.9. The van der Waals surface area contributed by atoms with Crippen LogP contribution in [0.1, 0.15) is 98.3 Å². The van der Waals surface area contributed by atoms with Gasteiger partial charge in [0.1, 0.15) is 0 Å². The normalized spacial score (nSPS) is 70.8. The Morgan fingerprint density at radius 2 is 1.12 bits per heavy atom. The summed E-state index contributed by atoms with van der Waals surface area (Å²) in [4.78, 5) is 0.674. The summed E-state index contributed by atoms with van der Waals surface area (Å²) in [6.07, 6.45) is 16.4. The maximum Gasteiger partial charge on any atom is 0.0398 e. The molecule has 8 fully saturated rings. The Labute approximate surface area is 177 Å². The molecule has 0 aromatic heterocycles. The van der Waals surface area contributed by atoms with Gasteiger partial charge in [0.05, 0.1) is 0 Å². The topological polar surface area (TPSA) is 0 Å². The van der Waals surface area contributed by atoms with E-state index >= 15 is 0 Å². The van der Waals surface area contributed by atoms with Crippen LogP contribution in [0.25, 0.3) is 0 Å². The van der Waals surface area contributed by atoms with Crippen molar-refractivity contribution in [2.24, 2.45) is 38.4 Å². The van der Waals surface area contributed by atoms with Crippen LogP contribution < -0.4 is 0 Å². The second kappa shape index (κ2) is 4.50. The first-order chi connectivity index (χ1) is 11.8. The molecule has 8 rings (SSSR count). The van der Waals surface area contributed by atoms with Gasteiger partial charge >= 0.3 is 0 Å². The molecule has 0 spiro atoms. The van der Waals surface area contributed by atoms with Crippen molar-refractivity contribution in [3.05, 3.63) is 0 Å². The van der Waals surface area contributed by atoms with Gasteiger partial charge in [-0.1, -0.05) is 59.6 Å². The highest BCUT2D eigenvalue weighted by Gasteiger charge is 2.76. The van der Waals surface area contributed by atoms with E-state index in [4.69, 9.17) is 0 Å². The average molecular weight is 484 g/mol. The fraction of sp³-hybridized carbons (Fsp3) is 1.00. The van der Waals surface area contributed by atoms with Crippen molar-refractivity contribution in [3.63, 3.8) is 0 Å². The largest absolute Gasteiger partial charge is 0.0869 e. The molecule has 0 amide bonds. The first kappa shape index (κ1) is 17.8. The average Bonchev–Trinajstić information content (AvgIpc) is 2.37. The van der Waals surface area contributed by atoms with E-state index in [-0.39, 0.29) is 0 Å². The van der Waals surface area contributed by atoms with Crippen molar-refractivity contribution < 1.29 is 0 Å². The molecule has 8 bridgehead atoms. The Bertz CT molecular complexity index is 658. The molecular weight excluding hydrogens is 448 g/mol. The van der Waals surface area contributed by atoms with Crippen LogP contribution in [0.2, 0.25) is 0 Å². The van der Waals surface area contributed by atoms with Gasteiger partial charge in [-0.25, -0.2) is 0 Å². The van der Waals surface area contributed by atoms with Crippen LogP contribution in [0.15, 0.2) is 0 Å². The van der Waals surface area contributed by atoms with Crippen molar-refractivity contribution >= 4 is 31.9 Å². The zero-order valence-electron chi connectivity index (χ0n) is 17.2. The molecule has 0 heterocycles. The summed E-state index contributed by atoms with van der Waals surface area (Å²) in [5.74, 6) is 1.01. The van der Waals surface area contributed by atoms with Gasteiger partial charge in [0.25, 0.3) is 0 Å². The fourth-order valence-electron chi connectivity index (χ4n) is 12.0. The molecule has 0 radical (unpaired) electrons. The molecule has 0 nitrogen and oxygen atoms in total. The standard InChI is InChI=1S/C24H36Br2/c1-18-5-16-6-19(2,8-18)11-22(7-16,10-18)23-12-20(3)9-21(4,13-23)15-24(26,14-20)17(23)25/h16-17H,5-15H2,1-4H3. The Morgan fingerprint density at radius 1 is 0.615 bits per heavy atom. The SMILES string of the molecule is CC12CC3CC(C)(C1)CC(C14CC5(C)CC(C)(CC(Br)(C5)C1Br)C4)(C3)C2. The van der Waals surface area contributed by atoms with E-state index in [1.807, 2.05) is 0 Å². The Balaban J connectivity index is 1.54. The molecule has 8 aliphatic rings. The van der Waals surface area contributed by atoms with E-state index in [9.17, 15) is 0 Å². The molecular formula is C24H36Br2. The van der Waals surface area contributed by atoms with Crippen LogP contribution in [0, 0.1) is 38.4 Å². The molecule has 8 aliphatic carbocycles. The van der Waals surface area contributed by atoms with Crippen LogP contribution in [0.4, 0.5) is 0 Å². The van der Waals surface area contributed by atoms with Crippen molar-refractivity contribution in [1.29, 1.82) is 0 Å². The van der Waals surface area contributed by atoms with E-state index in [0.717, 1.165) is 5.92 Å². The third kappa shape index (κ3) is 1.99. The number of halogens is 2. The van der Waals surface area contributed by atoms with Crippen LogP contribution >= 0.6 is 31.9 Å². The van der Waals surface area contributed by atoms with Crippen LogP contribution in [0.5, 0.6) is 0 Å². The smallest absolute Gasteiger partial charge is 0.0398 e. The summed E-state index contributed by atoms with van der Waals surface area (Å²) in [6, 6.07) is 0. The number of hydrogen-bond donors (Lipinski definition) is 0. The van der Waals surface area contributed by atoms with Crippen molar-refractivity contribution in [2.75, 3.05) is 0 Å². The summed E-state index contributed by atoms with van der Waals surface area (Å²) >= 11 is 8.81. The Hall–Kier alpha value is 0.960. The van der Waals surface area contributed by atoms with Crippen molar-refractivity contribution in [3.8, 4) is 0 Å². The molecule has 5 atom stereocenters. The third-order valence-electron chi connectivity index (χ3n) is 10.4. The highest BCUT2D eigenvalue weighted by Crippen LogP contribution is 2.84. The quantitative estimate of drug-likeness (QED) is 0.332. The lowest BCUT2D eigenvalue weighted by Crippen LogP contribution is -2.74. The molecule has 5 unspecified atom stereocenters. The van der Waals surface area contributed by atoms with Gasteiger partial charge in [0, 0.05) is 9.15 Å². The summed E-state index contributed by atoms with van der Waals surface area (Å²) in [5, 5.41) is 0. The van der Waals surface area contributed by atoms with Gasteiger partial charge < -0.3 is 0 Å². The highest BCUT2D eigenvalue weighted by atomic mass is 79.9. The molecule has 8 saturated carbocycles. The molecule has 0 aromatic carbocycles. The zero-order valence-corrected chi connectivity index (χ0v) is 20.4. The molecule has 0 N–H and O–H groups in total. The maximum atomic E-state index is 4.42. The minimum atomic E-state index is 0.344. The fourth-order valence-corrected chi connectivity index (χ4v) is 14.9. The lowest BCUT2D eigenvalue weighted by molar-refractivity contribution is -0.254. The van der Waals surface area contributed by atoms with Crippen LogP contribution in [0.3, 0.4) is 0 Å². The van der Waals surface area contributed by atoms with E-state index in [1.54, 1.807) is 6.42 Å².